The van der Waals surface area contributed by atoms with Crippen molar-refractivity contribution in [2.45, 2.75) is 0 Å². The number of rotatable bonds is 2. The first kappa shape index (κ1) is 18.0. The van der Waals surface area contributed by atoms with Crippen molar-refractivity contribution < 1.29 is 32.7 Å². The summed E-state index contributed by atoms with van der Waals surface area (Å²) >= 11 is 0. The van der Waals surface area contributed by atoms with Crippen LogP contribution < -0.4 is 0 Å². The van der Waals surface area contributed by atoms with Crippen molar-refractivity contribution in [1.82, 2.24) is 9.97 Å². The van der Waals surface area contributed by atoms with E-state index in [4.69, 9.17) is 4.98 Å². The summed E-state index contributed by atoms with van der Waals surface area (Å²) in [6.07, 6.45) is 1.81. The number of pyridine rings is 2. The van der Waals surface area contributed by atoms with Gasteiger partial charge in [-0.3, -0.25) is 9.97 Å². The Morgan fingerprint density at radius 3 is 2.26 bits per heavy atom. The van der Waals surface area contributed by atoms with Crippen LogP contribution in [0.25, 0.3) is 44.2 Å². The summed E-state index contributed by atoms with van der Waals surface area (Å²) in [6, 6.07) is 33.1. The van der Waals surface area contributed by atoms with Gasteiger partial charge in [-0.15, -0.1) is 23.8 Å². The fourth-order valence-corrected chi connectivity index (χ4v) is 3.21. The third-order valence-electron chi connectivity index (χ3n) is 4.50. The fraction of sp³-hybridized carbons (Fsp3) is 0. The van der Waals surface area contributed by atoms with Crippen molar-refractivity contribution in [3.05, 3.63) is 97.2 Å². The molecule has 0 atom stereocenters. The van der Waals surface area contributed by atoms with Crippen LogP contribution in [0.15, 0.2) is 85.1 Å². The second kappa shape index (κ2) is 7.68. The zero-order valence-corrected chi connectivity index (χ0v) is 17.4. The van der Waals surface area contributed by atoms with Gasteiger partial charge in [-0.05, 0) is 6.07 Å². The number of benzene rings is 3. The van der Waals surface area contributed by atoms with Crippen LogP contribution >= 0.6 is 0 Å². The first-order valence-corrected chi connectivity index (χ1v) is 8.53. The number of hydrogen-bond acceptors (Lipinski definition) is 2. The Bertz CT molecular complexity index is 1230. The molecule has 2 heterocycles. The molecule has 3 heteroatoms. The molecule has 27 heavy (non-hydrogen) atoms. The Kier molecular flexibility index (Phi) is 5.11. The molecule has 0 saturated heterocycles. The van der Waals surface area contributed by atoms with Crippen LogP contribution in [-0.4, -0.2) is 9.97 Å². The van der Waals surface area contributed by atoms with E-state index in [-0.39, 0.29) is 32.7 Å². The van der Waals surface area contributed by atoms with E-state index in [2.05, 4.69) is 41.4 Å². The van der Waals surface area contributed by atoms with Crippen LogP contribution in [0, 0.1) is 12.1 Å². The molecule has 0 N–H and O–H groups in total. The largest absolute Gasteiger partial charge is 0.284 e. The monoisotopic (exact) mass is 419 g/mol. The van der Waals surface area contributed by atoms with Gasteiger partial charge in [0.15, 0.2) is 0 Å². The molecule has 125 valence electrons. The quantitative estimate of drug-likeness (QED) is 0.270. The number of fused-ring (bicyclic) bond motifs is 3. The molecule has 0 aliphatic rings. The molecule has 1 radical (unpaired) electrons. The van der Waals surface area contributed by atoms with E-state index >= 15 is 0 Å². The Morgan fingerprint density at radius 2 is 1.41 bits per heavy atom. The minimum absolute atomic E-state index is 0. The molecule has 5 aromatic rings. The van der Waals surface area contributed by atoms with Crippen molar-refractivity contribution >= 4 is 21.8 Å². The number of hydrogen-bond donors (Lipinski definition) is 0. The van der Waals surface area contributed by atoms with Crippen LogP contribution in [0.3, 0.4) is 0 Å². The first-order chi connectivity index (χ1) is 12.9. The third-order valence-corrected chi connectivity index (χ3v) is 4.50. The SMILES string of the molecule is [Y].[c-]1ccccc1-c1[c-]c(-c2ccc3ccc4cccnc4c3n2)ccc1. The molecular weight excluding hydrogens is 405 g/mol. The molecule has 2 nitrogen and oxygen atoms in total. The summed E-state index contributed by atoms with van der Waals surface area (Å²) in [4.78, 5) is 9.44. The zero-order valence-electron chi connectivity index (χ0n) is 14.6. The molecule has 0 aliphatic carbocycles. The Morgan fingerprint density at radius 1 is 0.630 bits per heavy atom. The minimum atomic E-state index is 0. The predicted molar refractivity (Wildman–Crippen MR) is 106 cm³/mol. The molecule has 0 aliphatic heterocycles. The molecule has 3 aromatic carbocycles. The number of nitrogens with zero attached hydrogens (tertiary/aromatic N) is 2. The van der Waals surface area contributed by atoms with Gasteiger partial charge < -0.3 is 0 Å². The molecule has 0 spiro atoms. The van der Waals surface area contributed by atoms with Gasteiger partial charge in [-0.25, -0.2) is 5.56 Å². The molecule has 5 rings (SSSR count). The Hall–Kier alpha value is -2.42. The van der Waals surface area contributed by atoms with Crippen LogP contribution in [0.5, 0.6) is 0 Å². The summed E-state index contributed by atoms with van der Waals surface area (Å²) < 4.78 is 0. The van der Waals surface area contributed by atoms with Crippen LogP contribution in [0.1, 0.15) is 0 Å². The van der Waals surface area contributed by atoms with Gasteiger partial charge in [0.25, 0.3) is 0 Å². The molecule has 0 unspecified atom stereocenters. The van der Waals surface area contributed by atoms with Crippen molar-refractivity contribution in [2.24, 2.45) is 0 Å². The van der Waals surface area contributed by atoms with Gasteiger partial charge in [0.1, 0.15) is 0 Å². The van der Waals surface area contributed by atoms with Gasteiger partial charge in [-0.1, -0.05) is 30.3 Å². The van der Waals surface area contributed by atoms with Crippen molar-refractivity contribution in [3.8, 4) is 22.4 Å². The predicted octanol–water partition coefficient (Wildman–Crippen LogP) is 5.71. The van der Waals surface area contributed by atoms with E-state index in [0.29, 0.717) is 0 Å². The molecular formula is C24H14N2Y-2. The third kappa shape index (κ3) is 3.43. The summed E-state index contributed by atoms with van der Waals surface area (Å²) in [5.74, 6) is 0. The number of aromatic nitrogens is 2. The van der Waals surface area contributed by atoms with Gasteiger partial charge in [0.05, 0.1) is 11.0 Å². The van der Waals surface area contributed by atoms with Gasteiger partial charge >= 0.3 is 0 Å². The normalized spacial score (nSPS) is 10.7. The average molecular weight is 419 g/mol. The molecule has 0 bridgehead atoms. The van der Waals surface area contributed by atoms with Crippen molar-refractivity contribution in [2.75, 3.05) is 0 Å². The van der Waals surface area contributed by atoms with E-state index < -0.39 is 0 Å². The summed E-state index contributed by atoms with van der Waals surface area (Å²) in [5, 5.41) is 2.19. The minimum Gasteiger partial charge on any atom is -0.284 e. The average Bonchev–Trinajstić information content (AvgIpc) is 2.74. The first-order valence-electron chi connectivity index (χ1n) is 8.53. The van der Waals surface area contributed by atoms with Crippen LogP contribution in [0.4, 0.5) is 0 Å². The van der Waals surface area contributed by atoms with E-state index in [1.807, 2.05) is 60.8 Å². The molecule has 0 amide bonds. The summed E-state index contributed by atoms with van der Waals surface area (Å²) in [7, 11) is 0. The smallest absolute Gasteiger partial charge is 0.0956 e. The van der Waals surface area contributed by atoms with Gasteiger partial charge in [0.2, 0.25) is 0 Å². The second-order valence-corrected chi connectivity index (χ2v) is 6.16. The fourth-order valence-electron chi connectivity index (χ4n) is 3.21. The molecule has 0 fully saturated rings. The standard InChI is InChI=1S/C24H14N2.Y/c1-2-6-17(7-3-1)20-8-4-9-21(16-20)22-14-13-19-12-11-18-10-5-15-25-23(18)24(19)26-22;/h1-6,8-15H;/q-2;. The van der Waals surface area contributed by atoms with Gasteiger partial charge in [0, 0.05) is 55.4 Å². The van der Waals surface area contributed by atoms with Crippen LogP contribution in [0.2, 0.25) is 0 Å². The topological polar surface area (TPSA) is 25.8 Å². The van der Waals surface area contributed by atoms with Crippen molar-refractivity contribution in [3.63, 3.8) is 0 Å². The Labute approximate surface area is 183 Å². The second-order valence-electron chi connectivity index (χ2n) is 6.16. The van der Waals surface area contributed by atoms with E-state index in [1.54, 1.807) is 0 Å². The molecule has 2 aromatic heterocycles. The maximum Gasteiger partial charge on any atom is 0.0956 e. The molecule has 0 saturated carbocycles. The van der Waals surface area contributed by atoms with Gasteiger partial charge in [-0.2, -0.15) is 42.0 Å². The Balaban J connectivity index is 0.00000180. The summed E-state index contributed by atoms with van der Waals surface area (Å²) in [6.45, 7) is 0. The zero-order chi connectivity index (χ0) is 17.3. The maximum absolute atomic E-state index is 4.90. The maximum atomic E-state index is 4.90. The van der Waals surface area contributed by atoms with E-state index in [9.17, 15) is 0 Å². The summed E-state index contributed by atoms with van der Waals surface area (Å²) in [5.41, 5.74) is 5.76. The van der Waals surface area contributed by atoms with Crippen LogP contribution in [-0.2, 0) is 32.7 Å². The van der Waals surface area contributed by atoms with E-state index in [0.717, 1.165) is 44.2 Å². The van der Waals surface area contributed by atoms with Crippen molar-refractivity contribution in [1.29, 1.82) is 0 Å². The van der Waals surface area contributed by atoms with E-state index in [1.165, 1.54) is 0 Å².